The zero-order chi connectivity index (χ0) is 32.3. The van der Waals surface area contributed by atoms with Crippen molar-refractivity contribution in [1.82, 2.24) is 34.6 Å². The van der Waals surface area contributed by atoms with E-state index in [-0.39, 0.29) is 11.9 Å². The molecule has 0 spiro atoms. The number of hydrogen-bond donors (Lipinski definition) is 3. The van der Waals surface area contributed by atoms with Gasteiger partial charge in [-0.25, -0.2) is 15.0 Å². The number of ether oxygens (including phenoxy) is 1. The number of nitrogens with zero attached hydrogens (tertiary/aromatic N) is 7. The SMILES string of the molecule is Cc1nn(CC(F)(F)F)cc1-c1nccc(Nc2cc(NC3CCC(C)(O)CC3)c(-c3ccc(OCCN4CCC4)cn3)cn2)n1. The van der Waals surface area contributed by atoms with E-state index in [0.29, 0.717) is 48.1 Å². The van der Waals surface area contributed by atoms with Gasteiger partial charge in [-0.3, -0.25) is 14.6 Å². The van der Waals surface area contributed by atoms with E-state index in [4.69, 9.17) is 4.74 Å². The molecule has 0 unspecified atom stereocenters. The Morgan fingerprint density at radius 1 is 1.04 bits per heavy atom. The molecule has 1 aliphatic carbocycles. The second kappa shape index (κ2) is 13.2. The number of pyridine rings is 2. The quantitative estimate of drug-likeness (QED) is 0.191. The van der Waals surface area contributed by atoms with Gasteiger partial charge in [0.2, 0.25) is 0 Å². The minimum atomic E-state index is -4.39. The van der Waals surface area contributed by atoms with E-state index < -0.39 is 18.3 Å². The van der Waals surface area contributed by atoms with Crippen LogP contribution in [0.3, 0.4) is 0 Å². The Hall–Kier alpha value is -4.30. The van der Waals surface area contributed by atoms with E-state index >= 15 is 0 Å². The predicted molar refractivity (Wildman–Crippen MR) is 168 cm³/mol. The van der Waals surface area contributed by atoms with Gasteiger partial charge >= 0.3 is 6.18 Å². The summed E-state index contributed by atoms with van der Waals surface area (Å²) in [5.74, 6) is 1.88. The summed E-state index contributed by atoms with van der Waals surface area (Å²) in [6.45, 7) is 6.07. The molecule has 1 aliphatic heterocycles. The molecule has 1 saturated heterocycles. The molecule has 2 fully saturated rings. The van der Waals surface area contributed by atoms with Crippen molar-refractivity contribution in [3.63, 3.8) is 0 Å². The maximum absolute atomic E-state index is 12.9. The fourth-order valence-electron chi connectivity index (χ4n) is 5.67. The average molecular weight is 638 g/mol. The van der Waals surface area contributed by atoms with Crippen LogP contribution in [0.15, 0.2) is 49.1 Å². The van der Waals surface area contributed by atoms with Crippen molar-refractivity contribution in [2.75, 3.05) is 36.9 Å². The van der Waals surface area contributed by atoms with Gasteiger partial charge in [0.1, 0.15) is 30.5 Å². The number of halogens is 3. The summed E-state index contributed by atoms with van der Waals surface area (Å²) >= 11 is 0. The van der Waals surface area contributed by atoms with Crippen molar-refractivity contribution in [1.29, 1.82) is 0 Å². The number of hydrogen-bond acceptors (Lipinski definition) is 10. The minimum Gasteiger partial charge on any atom is -0.491 e. The van der Waals surface area contributed by atoms with Crippen molar-refractivity contribution in [3.05, 3.63) is 54.7 Å². The largest absolute Gasteiger partial charge is 0.491 e. The second-order valence-corrected chi connectivity index (χ2v) is 12.3. The molecule has 0 amide bonds. The van der Waals surface area contributed by atoms with Crippen LogP contribution in [0.1, 0.15) is 44.7 Å². The van der Waals surface area contributed by atoms with Gasteiger partial charge in [0.25, 0.3) is 0 Å². The topological polar surface area (TPSA) is 126 Å². The van der Waals surface area contributed by atoms with Crippen LogP contribution in [0.4, 0.5) is 30.5 Å². The molecule has 4 aromatic heterocycles. The number of rotatable bonds is 11. The number of anilines is 3. The van der Waals surface area contributed by atoms with Gasteiger partial charge in [-0.2, -0.15) is 18.3 Å². The number of aliphatic hydroxyl groups is 1. The first-order valence-corrected chi connectivity index (χ1v) is 15.5. The molecule has 11 nitrogen and oxygen atoms in total. The first-order chi connectivity index (χ1) is 22.0. The maximum Gasteiger partial charge on any atom is 0.408 e. The third kappa shape index (κ3) is 8.10. The summed E-state index contributed by atoms with van der Waals surface area (Å²) in [5, 5.41) is 21.3. The van der Waals surface area contributed by atoms with Crippen LogP contribution in [-0.2, 0) is 6.54 Å². The lowest BCUT2D eigenvalue weighted by Crippen LogP contribution is -2.39. The van der Waals surface area contributed by atoms with Crippen LogP contribution >= 0.6 is 0 Å². The van der Waals surface area contributed by atoms with E-state index in [2.05, 4.69) is 40.6 Å². The van der Waals surface area contributed by atoms with Crippen LogP contribution in [0.5, 0.6) is 5.75 Å². The lowest BCUT2D eigenvalue weighted by Gasteiger charge is -2.34. The van der Waals surface area contributed by atoms with E-state index in [9.17, 15) is 18.3 Å². The maximum atomic E-state index is 12.9. The number of likely N-dealkylation sites (tertiary alicyclic amines) is 1. The van der Waals surface area contributed by atoms with Gasteiger partial charge in [-0.15, -0.1) is 0 Å². The number of nitrogens with one attached hydrogen (secondary N) is 2. The molecule has 244 valence electrons. The summed E-state index contributed by atoms with van der Waals surface area (Å²) < 4.78 is 45.5. The van der Waals surface area contributed by atoms with Crippen LogP contribution in [0.2, 0.25) is 0 Å². The zero-order valence-electron chi connectivity index (χ0n) is 25.9. The van der Waals surface area contributed by atoms with Crippen LogP contribution in [0, 0.1) is 6.92 Å². The molecule has 5 heterocycles. The summed E-state index contributed by atoms with van der Waals surface area (Å²) in [6.07, 6.45) is 6.16. The van der Waals surface area contributed by atoms with E-state index in [1.807, 2.05) is 25.1 Å². The fourth-order valence-corrected chi connectivity index (χ4v) is 5.67. The van der Waals surface area contributed by atoms with E-state index in [1.54, 1.807) is 25.4 Å². The zero-order valence-corrected chi connectivity index (χ0v) is 25.9. The normalized spacial score (nSPS) is 20.3. The van der Waals surface area contributed by atoms with Gasteiger partial charge in [0, 0.05) is 48.5 Å². The molecule has 0 bridgehead atoms. The Labute approximate surface area is 265 Å². The molecular weight excluding hydrogens is 599 g/mol. The highest BCUT2D eigenvalue weighted by atomic mass is 19.4. The smallest absolute Gasteiger partial charge is 0.408 e. The number of alkyl halides is 3. The van der Waals surface area contributed by atoms with Gasteiger partial charge < -0.3 is 20.5 Å². The Morgan fingerprint density at radius 3 is 2.54 bits per heavy atom. The summed E-state index contributed by atoms with van der Waals surface area (Å²) in [5.41, 5.74) is 2.50. The fraction of sp³-hybridized carbons (Fsp3) is 0.469. The third-order valence-corrected chi connectivity index (χ3v) is 8.40. The van der Waals surface area contributed by atoms with Gasteiger partial charge in [-0.1, -0.05) is 0 Å². The lowest BCUT2D eigenvalue weighted by molar-refractivity contribution is -0.142. The lowest BCUT2D eigenvalue weighted by atomic mass is 9.83. The standard InChI is InChI=1S/C32H38F3N9O2/c1-21-25(19-44(42-21)20-32(33,34)35)30-36-11-8-28(41-30)40-29-16-27(39-22-6-9-31(2,45)10-7-22)24(18-38-29)26-5-4-23(17-37-26)46-15-14-43-12-3-13-43/h4-5,8,11,16-19,22,45H,3,6-7,9-10,12-15,20H2,1-2H3,(H2,36,38,39,40,41). The van der Waals surface area contributed by atoms with Crippen molar-refractivity contribution in [3.8, 4) is 28.4 Å². The van der Waals surface area contributed by atoms with Crippen LogP contribution < -0.4 is 15.4 Å². The molecule has 6 rings (SSSR count). The molecule has 4 aromatic rings. The Morgan fingerprint density at radius 2 is 1.85 bits per heavy atom. The van der Waals surface area contributed by atoms with Crippen molar-refractivity contribution in [2.45, 2.75) is 70.3 Å². The summed E-state index contributed by atoms with van der Waals surface area (Å²) in [7, 11) is 0. The second-order valence-electron chi connectivity index (χ2n) is 12.3. The molecule has 46 heavy (non-hydrogen) atoms. The molecule has 14 heteroatoms. The summed E-state index contributed by atoms with van der Waals surface area (Å²) in [6, 6.07) is 7.52. The Bertz CT molecular complexity index is 1630. The highest BCUT2D eigenvalue weighted by molar-refractivity contribution is 5.78. The van der Waals surface area contributed by atoms with Crippen LogP contribution in [-0.4, -0.2) is 83.8 Å². The Kier molecular flexibility index (Phi) is 9.09. The molecule has 0 atom stereocenters. The molecular formula is C32H38F3N9O2. The number of aryl methyl sites for hydroxylation is 1. The summed E-state index contributed by atoms with van der Waals surface area (Å²) in [4.78, 5) is 20.4. The first-order valence-electron chi connectivity index (χ1n) is 15.5. The highest BCUT2D eigenvalue weighted by Crippen LogP contribution is 2.34. The predicted octanol–water partition coefficient (Wildman–Crippen LogP) is 5.60. The first kappa shape index (κ1) is 31.7. The van der Waals surface area contributed by atoms with Gasteiger partial charge in [0.15, 0.2) is 5.82 Å². The highest BCUT2D eigenvalue weighted by Gasteiger charge is 2.30. The van der Waals surface area contributed by atoms with E-state index in [0.717, 1.165) is 54.1 Å². The van der Waals surface area contributed by atoms with Crippen molar-refractivity contribution in [2.24, 2.45) is 0 Å². The van der Waals surface area contributed by atoms with Crippen molar-refractivity contribution < 1.29 is 23.0 Å². The minimum absolute atomic E-state index is 0.153. The third-order valence-electron chi connectivity index (χ3n) is 8.40. The molecule has 0 radical (unpaired) electrons. The Balaban J connectivity index is 1.21. The van der Waals surface area contributed by atoms with E-state index in [1.165, 1.54) is 18.8 Å². The average Bonchev–Trinajstić information content (AvgIpc) is 3.34. The molecule has 0 aromatic carbocycles. The van der Waals surface area contributed by atoms with Gasteiger partial charge in [-0.05, 0) is 77.2 Å². The van der Waals surface area contributed by atoms with Crippen molar-refractivity contribution >= 4 is 17.3 Å². The molecule has 1 saturated carbocycles. The van der Waals surface area contributed by atoms with Gasteiger partial charge in [0.05, 0.1) is 28.7 Å². The monoisotopic (exact) mass is 637 g/mol. The van der Waals surface area contributed by atoms with Crippen LogP contribution in [0.25, 0.3) is 22.6 Å². The number of aromatic nitrogens is 6. The molecule has 3 N–H and O–H groups in total. The molecule has 2 aliphatic rings.